The summed E-state index contributed by atoms with van der Waals surface area (Å²) in [5.74, 6) is -0.897. The summed E-state index contributed by atoms with van der Waals surface area (Å²) in [7, 11) is 1.49. The molecule has 22 heavy (non-hydrogen) atoms. The molecular formula is C15H13NO6. The first kappa shape index (κ1) is 15.2. The van der Waals surface area contributed by atoms with Gasteiger partial charge in [-0.3, -0.25) is 5.32 Å². The lowest BCUT2D eigenvalue weighted by Crippen LogP contribution is -2.16. The van der Waals surface area contributed by atoms with Gasteiger partial charge in [0.1, 0.15) is 22.8 Å². The Balaban J connectivity index is 2.05. The fraction of sp³-hybridized carbons (Fsp3) is 0.0667. The van der Waals surface area contributed by atoms with Crippen molar-refractivity contribution >= 4 is 17.7 Å². The van der Waals surface area contributed by atoms with Crippen LogP contribution in [0.15, 0.2) is 42.5 Å². The molecule has 0 bridgehead atoms. The maximum absolute atomic E-state index is 11.7. The van der Waals surface area contributed by atoms with Crippen molar-refractivity contribution < 1.29 is 29.3 Å². The smallest absolute Gasteiger partial charge is 0.417 e. The summed E-state index contributed by atoms with van der Waals surface area (Å²) in [6.07, 6.45) is -0.782. The number of hydrogen-bond acceptors (Lipinski definition) is 5. The highest BCUT2D eigenvalue weighted by atomic mass is 16.6. The van der Waals surface area contributed by atoms with Crippen molar-refractivity contribution in [3.05, 3.63) is 48.0 Å². The van der Waals surface area contributed by atoms with Crippen LogP contribution in [0.5, 0.6) is 17.2 Å². The van der Waals surface area contributed by atoms with Gasteiger partial charge in [0.05, 0.1) is 7.11 Å². The van der Waals surface area contributed by atoms with E-state index in [0.717, 1.165) is 6.07 Å². The standard InChI is InChI=1S/C15H13NO6/c1-21-10-3-2-4-11(8-10)22-15(20)16-9-5-6-12(14(18)19)13(17)7-9/h2-8,17H,1H3,(H,16,20)(H,18,19). The van der Waals surface area contributed by atoms with E-state index in [9.17, 15) is 14.7 Å². The lowest BCUT2D eigenvalue weighted by Gasteiger charge is -2.08. The van der Waals surface area contributed by atoms with Gasteiger partial charge in [0.2, 0.25) is 0 Å². The Morgan fingerprint density at radius 1 is 1.09 bits per heavy atom. The quantitative estimate of drug-likeness (QED) is 0.802. The number of aromatic hydroxyl groups is 1. The number of carboxylic acids is 1. The Morgan fingerprint density at radius 3 is 2.45 bits per heavy atom. The van der Waals surface area contributed by atoms with E-state index >= 15 is 0 Å². The van der Waals surface area contributed by atoms with Gasteiger partial charge < -0.3 is 19.7 Å². The van der Waals surface area contributed by atoms with Gasteiger partial charge in [0, 0.05) is 17.8 Å². The Bertz CT molecular complexity index is 713. The van der Waals surface area contributed by atoms with Crippen molar-refractivity contribution in [2.75, 3.05) is 12.4 Å². The van der Waals surface area contributed by atoms with Crippen molar-refractivity contribution in [2.45, 2.75) is 0 Å². The molecule has 0 aliphatic carbocycles. The molecule has 0 heterocycles. The second-order valence-corrected chi connectivity index (χ2v) is 4.23. The van der Waals surface area contributed by atoms with Crippen molar-refractivity contribution in [3.8, 4) is 17.2 Å². The third-order valence-corrected chi connectivity index (χ3v) is 2.73. The largest absolute Gasteiger partial charge is 0.507 e. The molecule has 1 amide bonds. The first-order valence-corrected chi connectivity index (χ1v) is 6.19. The maximum Gasteiger partial charge on any atom is 0.417 e. The summed E-state index contributed by atoms with van der Waals surface area (Å²) in [6.45, 7) is 0. The number of benzene rings is 2. The van der Waals surface area contributed by atoms with Crippen molar-refractivity contribution in [2.24, 2.45) is 0 Å². The van der Waals surface area contributed by atoms with E-state index in [1.165, 1.54) is 25.3 Å². The number of carbonyl (C=O) groups is 2. The van der Waals surface area contributed by atoms with Gasteiger partial charge in [0.25, 0.3) is 0 Å². The first-order valence-electron chi connectivity index (χ1n) is 6.19. The van der Waals surface area contributed by atoms with Crippen LogP contribution in [0.1, 0.15) is 10.4 Å². The molecule has 2 rings (SSSR count). The number of hydrogen-bond donors (Lipinski definition) is 3. The number of methoxy groups -OCH3 is 1. The lowest BCUT2D eigenvalue weighted by atomic mass is 10.2. The third kappa shape index (κ3) is 3.66. The third-order valence-electron chi connectivity index (χ3n) is 2.73. The molecule has 0 saturated carbocycles. The van der Waals surface area contributed by atoms with Gasteiger partial charge in [-0.25, -0.2) is 9.59 Å². The molecule has 0 atom stereocenters. The highest BCUT2D eigenvalue weighted by Crippen LogP contribution is 2.23. The monoisotopic (exact) mass is 303 g/mol. The van der Waals surface area contributed by atoms with Crippen LogP contribution in [-0.4, -0.2) is 29.4 Å². The predicted molar refractivity (Wildman–Crippen MR) is 77.7 cm³/mol. The Hall–Kier alpha value is -3.22. The topological polar surface area (TPSA) is 105 Å². The van der Waals surface area contributed by atoms with Crippen LogP contribution in [0.4, 0.5) is 10.5 Å². The molecule has 2 aromatic carbocycles. The second kappa shape index (κ2) is 6.49. The van der Waals surface area contributed by atoms with Crippen LogP contribution in [0.25, 0.3) is 0 Å². The molecule has 0 saturated heterocycles. The number of nitrogens with one attached hydrogen (secondary N) is 1. The average Bonchev–Trinajstić information content (AvgIpc) is 2.47. The number of carbonyl (C=O) groups excluding carboxylic acids is 1. The normalized spacial score (nSPS) is 9.86. The van der Waals surface area contributed by atoms with Crippen molar-refractivity contribution in [3.63, 3.8) is 0 Å². The van der Waals surface area contributed by atoms with Crippen LogP contribution < -0.4 is 14.8 Å². The Labute approximate surface area is 125 Å². The molecule has 0 radical (unpaired) electrons. The van der Waals surface area contributed by atoms with Crippen LogP contribution in [0.3, 0.4) is 0 Å². The van der Waals surface area contributed by atoms with Gasteiger partial charge in [-0.05, 0) is 24.3 Å². The molecule has 114 valence electrons. The van der Waals surface area contributed by atoms with Crippen LogP contribution in [-0.2, 0) is 0 Å². The fourth-order valence-electron chi connectivity index (χ4n) is 1.71. The number of ether oxygens (including phenoxy) is 2. The minimum absolute atomic E-state index is 0.204. The van der Waals surface area contributed by atoms with Gasteiger partial charge in [-0.2, -0.15) is 0 Å². The van der Waals surface area contributed by atoms with E-state index in [4.69, 9.17) is 14.6 Å². The maximum atomic E-state index is 11.7. The molecule has 0 spiro atoms. The number of rotatable bonds is 4. The second-order valence-electron chi connectivity index (χ2n) is 4.23. The van der Waals surface area contributed by atoms with Crippen LogP contribution in [0.2, 0.25) is 0 Å². The van der Waals surface area contributed by atoms with Crippen molar-refractivity contribution in [1.82, 2.24) is 0 Å². The summed E-state index contributed by atoms with van der Waals surface area (Å²) in [6, 6.07) is 10.1. The highest BCUT2D eigenvalue weighted by Gasteiger charge is 2.12. The Kier molecular flexibility index (Phi) is 4.47. The summed E-state index contributed by atoms with van der Waals surface area (Å²) >= 11 is 0. The van der Waals surface area contributed by atoms with Gasteiger partial charge in [-0.1, -0.05) is 6.07 Å². The molecule has 0 aliphatic heterocycles. The molecule has 0 fully saturated rings. The molecule has 0 aliphatic rings. The minimum atomic E-state index is -1.26. The van der Waals surface area contributed by atoms with Crippen LogP contribution in [0, 0.1) is 0 Å². The summed E-state index contributed by atoms with van der Waals surface area (Å²) in [5.41, 5.74) is -0.0536. The fourth-order valence-corrected chi connectivity index (χ4v) is 1.71. The zero-order chi connectivity index (χ0) is 16.1. The molecular weight excluding hydrogens is 290 g/mol. The van der Waals surface area contributed by atoms with Gasteiger partial charge in [-0.15, -0.1) is 0 Å². The Morgan fingerprint density at radius 2 is 1.82 bits per heavy atom. The van der Waals surface area contributed by atoms with E-state index in [0.29, 0.717) is 5.75 Å². The minimum Gasteiger partial charge on any atom is -0.507 e. The number of phenols is 1. The molecule has 2 aromatic rings. The number of aromatic carboxylic acids is 1. The van der Waals surface area contributed by atoms with E-state index in [1.54, 1.807) is 18.2 Å². The zero-order valence-electron chi connectivity index (χ0n) is 11.6. The van der Waals surface area contributed by atoms with E-state index < -0.39 is 17.8 Å². The van der Waals surface area contributed by atoms with Crippen molar-refractivity contribution in [1.29, 1.82) is 0 Å². The summed E-state index contributed by atoms with van der Waals surface area (Å²) in [4.78, 5) is 22.5. The first-order chi connectivity index (χ1) is 10.5. The lowest BCUT2D eigenvalue weighted by molar-refractivity contribution is 0.0693. The van der Waals surface area contributed by atoms with E-state index in [2.05, 4.69) is 5.32 Å². The summed E-state index contributed by atoms with van der Waals surface area (Å²) < 4.78 is 10.1. The molecule has 3 N–H and O–H groups in total. The molecule has 7 nitrogen and oxygen atoms in total. The molecule has 0 aromatic heterocycles. The number of anilines is 1. The van der Waals surface area contributed by atoms with E-state index in [1.807, 2.05) is 0 Å². The summed E-state index contributed by atoms with van der Waals surface area (Å²) in [5, 5.41) is 20.7. The average molecular weight is 303 g/mol. The number of amides is 1. The molecule has 7 heteroatoms. The van der Waals surface area contributed by atoms with Crippen LogP contribution >= 0.6 is 0 Å². The molecule has 0 unspecified atom stereocenters. The van der Waals surface area contributed by atoms with Gasteiger partial charge in [0.15, 0.2) is 0 Å². The van der Waals surface area contributed by atoms with E-state index in [-0.39, 0.29) is 17.0 Å². The predicted octanol–water partition coefficient (Wildman–Crippen LogP) is 2.71. The van der Waals surface area contributed by atoms with Gasteiger partial charge >= 0.3 is 12.1 Å². The SMILES string of the molecule is COc1cccc(OC(=O)Nc2ccc(C(=O)O)c(O)c2)c1. The highest BCUT2D eigenvalue weighted by molar-refractivity contribution is 5.93. The zero-order valence-corrected chi connectivity index (χ0v) is 11.6. The number of carboxylic acid groups (broad SMARTS) is 1.